The molecular weight excluding hydrogens is 252 g/mol. The van der Waals surface area contributed by atoms with Crippen LogP contribution in [0.5, 0.6) is 0 Å². The lowest BCUT2D eigenvalue weighted by Crippen LogP contribution is -2.46. The van der Waals surface area contributed by atoms with E-state index >= 15 is 0 Å². The van der Waals surface area contributed by atoms with Gasteiger partial charge in [-0.15, -0.1) is 0 Å². The first-order valence-corrected chi connectivity index (χ1v) is 7.48. The van der Waals surface area contributed by atoms with Crippen LogP contribution in [-0.2, 0) is 11.3 Å². The van der Waals surface area contributed by atoms with Crippen molar-refractivity contribution in [3.05, 3.63) is 35.9 Å². The molecule has 4 nitrogen and oxygen atoms in total. The third-order valence-corrected chi connectivity index (χ3v) is 3.76. The fourth-order valence-corrected chi connectivity index (χ4v) is 2.65. The second-order valence-corrected chi connectivity index (χ2v) is 5.33. The topological polar surface area (TPSA) is 52.6 Å². The maximum atomic E-state index is 12.6. The van der Waals surface area contributed by atoms with Crippen molar-refractivity contribution in [2.75, 3.05) is 19.7 Å². The molecule has 1 amide bonds. The Morgan fingerprint density at radius 3 is 2.80 bits per heavy atom. The second-order valence-electron chi connectivity index (χ2n) is 5.33. The molecule has 1 unspecified atom stereocenters. The lowest BCUT2D eigenvalue weighted by Gasteiger charge is -2.27. The number of aliphatic hydroxyl groups is 1. The van der Waals surface area contributed by atoms with Gasteiger partial charge in [-0.2, -0.15) is 0 Å². The zero-order valence-electron chi connectivity index (χ0n) is 11.9. The molecule has 1 fully saturated rings. The van der Waals surface area contributed by atoms with E-state index in [-0.39, 0.29) is 18.6 Å². The zero-order chi connectivity index (χ0) is 14.2. The van der Waals surface area contributed by atoms with Crippen molar-refractivity contribution in [2.24, 2.45) is 0 Å². The molecule has 4 heteroatoms. The average Bonchev–Trinajstić information content (AvgIpc) is 2.76. The number of carbonyl (C=O) groups is 1. The first kappa shape index (κ1) is 15.0. The quantitative estimate of drug-likeness (QED) is 0.858. The van der Waals surface area contributed by atoms with E-state index in [9.17, 15) is 9.90 Å². The van der Waals surface area contributed by atoms with Crippen LogP contribution in [0.25, 0.3) is 0 Å². The van der Waals surface area contributed by atoms with Crippen LogP contribution in [0, 0.1) is 0 Å². The number of rotatable bonds is 5. The number of amides is 1. The summed E-state index contributed by atoms with van der Waals surface area (Å²) in [6, 6.07) is 9.85. The average molecular weight is 276 g/mol. The van der Waals surface area contributed by atoms with E-state index in [1.165, 1.54) is 6.42 Å². The normalized spacial score (nSPS) is 19.4. The Kier molecular flexibility index (Phi) is 6.02. The molecule has 0 saturated carbocycles. The second kappa shape index (κ2) is 8.02. The minimum atomic E-state index is -0.0900. The van der Waals surface area contributed by atoms with Crippen molar-refractivity contribution < 1.29 is 9.90 Å². The third kappa shape index (κ3) is 4.32. The molecule has 110 valence electrons. The van der Waals surface area contributed by atoms with E-state index in [1.54, 1.807) is 4.90 Å². The van der Waals surface area contributed by atoms with Gasteiger partial charge in [0.1, 0.15) is 0 Å². The molecular formula is C16H24N2O2. The molecule has 0 radical (unpaired) electrons. The maximum absolute atomic E-state index is 12.6. The zero-order valence-corrected chi connectivity index (χ0v) is 11.9. The minimum absolute atomic E-state index is 0.00525. The van der Waals surface area contributed by atoms with E-state index in [1.807, 2.05) is 30.3 Å². The smallest absolute Gasteiger partial charge is 0.240 e. The highest BCUT2D eigenvalue weighted by atomic mass is 16.3. The van der Waals surface area contributed by atoms with Gasteiger partial charge < -0.3 is 15.3 Å². The van der Waals surface area contributed by atoms with Crippen LogP contribution in [0.1, 0.15) is 31.2 Å². The summed E-state index contributed by atoms with van der Waals surface area (Å²) in [5.74, 6) is 0.116. The van der Waals surface area contributed by atoms with Crippen LogP contribution in [0.4, 0.5) is 0 Å². The summed E-state index contributed by atoms with van der Waals surface area (Å²) < 4.78 is 0. The Bertz CT molecular complexity index is 400. The van der Waals surface area contributed by atoms with Gasteiger partial charge in [-0.3, -0.25) is 4.79 Å². The van der Waals surface area contributed by atoms with Gasteiger partial charge in [-0.05, 0) is 24.9 Å². The van der Waals surface area contributed by atoms with Crippen LogP contribution < -0.4 is 5.32 Å². The fourth-order valence-electron chi connectivity index (χ4n) is 2.65. The highest BCUT2D eigenvalue weighted by Crippen LogP contribution is 2.13. The number of hydrogen-bond acceptors (Lipinski definition) is 3. The molecule has 20 heavy (non-hydrogen) atoms. The summed E-state index contributed by atoms with van der Waals surface area (Å²) in [6.07, 6.45) is 4.33. The molecule has 0 spiro atoms. The molecule has 0 aromatic heterocycles. The fraction of sp³-hybridized carbons (Fsp3) is 0.562. The molecule has 1 aliphatic heterocycles. The Morgan fingerprint density at radius 1 is 1.25 bits per heavy atom. The van der Waals surface area contributed by atoms with Gasteiger partial charge in [0.15, 0.2) is 0 Å². The standard InChI is InChI=1S/C16H24N2O2/c19-12-11-18(13-14-7-3-1-4-8-14)16(20)15-9-5-2-6-10-17-15/h1,3-4,7-8,15,17,19H,2,5-6,9-13H2. The van der Waals surface area contributed by atoms with Crippen LogP contribution >= 0.6 is 0 Å². The molecule has 1 atom stereocenters. The molecule has 1 aromatic rings. The van der Waals surface area contributed by atoms with Crippen molar-refractivity contribution in [3.63, 3.8) is 0 Å². The lowest BCUT2D eigenvalue weighted by molar-refractivity contribution is -0.134. The third-order valence-electron chi connectivity index (χ3n) is 3.76. The van der Waals surface area contributed by atoms with Crippen LogP contribution in [0.15, 0.2) is 30.3 Å². The van der Waals surface area contributed by atoms with Gasteiger partial charge in [0.05, 0.1) is 12.6 Å². The van der Waals surface area contributed by atoms with Gasteiger partial charge in [0.2, 0.25) is 5.91 Å². The Labute approximate surface area is 120 Å². The number of nitrogens with one attached hydrogen (secondary N) is 1. The predicted molar refractivity (Wildman–Crippen MR) is 79.2 cm³/mol. The van der Waals surface area contributed by atoms with Crippen LogP contribution in [0.2, 0.25) is 0 Å². The van der Waals surface area contributed by atoms with Gasteiger partial charge in [-0.25, -0.2) is 0 Å². The Balaban J connectivity index is 2.01. The van der Waals surface area contributed by atoms with Crippen LogP contribution in [0.3, 0.4) is 0 Å². The summed E-state index contributed by atoms with van der Waals surface area (Å²) >= 11 is 0. The highest BCUT2D eigenvalue weighted by Gasteiger charge is 2.24. The highest BCUT2D eigenvalue weighted by molar-refractivity contribution is 5.82. The molecule has 1 saturated heterocycles. The number of hydrogen-bond donors (Lipinski definition) is 2. The number of aliphatic hydroxyl groups excluding tert-OH is 1. The number of benzene rings is 1. The van der Waals surface area contributed by atoms with E-state index in [0.717, 1.165) is 31.4 Å². The van der Waals surface area contributed by atoms with Crippen molar-refractivity contribution >= 4 is 5.91 Å². The molecule has 1 heterocycles. The summed E-state index contributed by atoms with van der Waals surface area (Å²) in [6.45, 7) is 1.88. The molecule has 0 aliphatic carbocycles. The minimum Gasteiger partial charge on any atom is -0.395 e. The summed E-state index contributed by atoms with van der Waals surface area (Å²) in [7, 11) is 0. The van der Waals surface area contributed by atoms with Gasteiger partial charge >= 0.3 is 0 Å². The summed E-state index contributed by atoms with van der Waals surface area (Å²) in [4.78, 5) is 14.4. The van der Waals surface area contributed by atoms with E-state index in [2.05, 4.69) is 5.32 Å². The number of nitrogens with zero attached hydrogens (tertiary/aromatic N) is 1. The first-order chi connectivity index (χ1) is 9.81. The predicted octanol–water partition coefficient (Wildman–Crippen LogP) is 1.54. The summed E-state index contributed by atoms with van der Waals surface area (Å²) in [5, 5.41) is 12.5. The lowest BCUT2D eigenvalue weighted by atomic mass is 10.1. The van der Waals surface area contributed by atoms with E-state index < -0.39 is 0 Å². The Morgan fingerprint density at radius 2 is 2.05 bits per heavy atom. The van der Waals surface area contributed by atoms with E-state index in [4.69, 9.17) is 0 Å². The van der Waals surface area contributed by atoms with Crippen molar-refractivity contribution in [2.45, 2.75) is 38.3 Å². The number of carbonyl (C=O) groups excluding carboxylic acids is 1. The van der Waals surface area contributed by atoms with Gasteiger partial charge in [-0.1, -0.05) is 43.2 Å². The van der Waals surface area contributed by atoms with Crippen molar-refractivity contribution in [1.29, 1.82) is 0 Å². The molecule has 0 bridgehead atoms. The maximum Gasteiger partial charge on any atom is 0.240 e. The molecule has 1 aromatic carbocycles. The monoisotopic (exact) mass is 276 g/mol. The molecule has 2 rings (SSSR count). The van der Waals surface area contributed by atoms with Crippen LogP contribution in [-0.4, -0.2) is 41.7 Å². The summed E-state index contributed by atoms with van der Waals surface area (Å²) in [5.41, 5.74) is 1.10. The van der Waals surface area contributed by atoms with Gasteiger partial charge in [0.25, 0.3) is 0 Å². The van der Waals surface area contributed by atoms with Crippen molar-refractivity contribution in [3.8, 4) is 0 Å². The molecule has 1 aliphatic rings. The largest absolute Gasteiger partial charge is 0.395 e. The van der Waals surface area contributed by atoms with E-state index in [0.29, 0.717) is 13.1 Å². The first-order valence-electron chi connectivity index (χ1n) is 7.48. The SMILES string of the molecule is O=C(C1CCCCCN1)N(CCO)Cc1ccccc1. The Hall–Kier alpha value is -1.39. The molecule has 2 N–H and O–H groups in total. The van der Waals surface area contributed by atoms with Gasteiger partial charge in [0, 0.05) is 13.1 Å². The van der Waals surface area contributed by atoms with Crippen molar-refractivity contribution in [1.82, 2.24) is 10.2 Å².